The number of pyridine rings is 1. The quantitative estimate of drug-likeness (QED) is 0.829. The lowest BCUT2D eigenvalue weighted by Gasteiger charge is -2.12. The Bertz CT molecular complexity index is 539. The fourth-order valence-corrected chi connectivity index (χ4v) is 1.39. The minimum atomic E-state index is -4.48. The van der Waals surface area contributed by atoms with Crippen molar-refractivity contribution in [1.82, 2.24) is 15.0 Å². The van der Waals surface area contributed by atoms with Gasteiger partial charge in [0, 0.05) is 30.4 Å². The Labute approximate surface area is 94.3 Å². The van der Waals surface area contributed by atoms with Crippen LogP contribution in [0.2, 0.25) is 0 Å². The molecule has 2 aromatic rings. The maximum absolute atomic E-state index is 12.7. The number of hydrogen-bond donors (Lipinski definition) is 1. The average molecular weight is 240 g/mol. The predicted molar refractivity (Wildman–Crippen MR) is 54.7 cm³/mol. The van der Waals surface area contributed by atoms with Gasteiger partial charge in [-0.1, -0.05) is 0 Å². The van der Waals surface area contributed by atoms with Gasteiger partial charge in [0.2, 0.25) is 0 Å². The van der Waals surface area contributed by atoms with Crippen LogP contribution in [-0.4, -0.2) is 15.0 Å². The second kappa shape index (κ2) is 4.00. The molecule has 2 rings (SSSR count). The molecule has 0 aromatic carbocycles. The van der Waals surface area contributed by atoms with E-state index >= 15 is 0 Å². The Balaban J connectivity index is 2.65. The van der Waals surface area contributed by atoms with Gasteiger partial charge in [0.1, 0.15) is 11.5 Å². The van der Waals surface area contributed by atoms with Crippen molar-refractivity contribution >= 4 is 5.82 Å². The fraction of sp³-hybridized carbons (Fsp3) is 0.100. The van der Waals surface area contributed by atoms with Crippen LogP contribution in [0.5, 0.6) is 0 Å². The number of nitrogens with two attached hydrogens (primary N) is 1. The molecule has 0 aliphatic heterocycles. The fourth-order valence-electron chi connectivity index (χ4n) is 1.39. The SMILES string of the molecule is Nc1nccnc1-c1cnccc1C(F)(F)F. The van der Waals surface area contributed by atoms with Gasteiger partial charge >= 0.3 is 6.18 Å². The van der Waals surface area contributed by atoms with Gasteiger partial charge in [-0.15, -0.1) is 0 Å². The molecule has 0 aliphatic carbocycles. The van der Waals surface area contributed by atoms with Crippen molar-refractivity contribution in [1.29, 1.82) is 0 Å². The molecule has 0 amide bonds. The predicted octanol–water partition coefficient (Wildman–Crippen LogP) is 2.14. The van der Waals surface area contributed by atoms with Crippen LogP contribution in [0.15, 0.2) is 30.9 Å². The van der Waals surface area contributed by atoms with Crippen LogP contribution >= 0.6 is 0 Å². The largest absolute Gasteiger partial charge is 0.417 e. The molecular formula is C10H7F3N4. The first-order valence-corrected chi connectivity index (χ1v) is 4.58. The maximum atomic E-state index is 12.7. The third-order valence-electron chi connectivity index (χ3n) is 2.11. The molecule has 0 aliphatic rings. The van der Waals surface area contributed by atoms with E-state index in [4.69, 9.17) is 5.73 Å². The van der Waals surface area contributed by atoms with Gasteiger partial charge < -0.3 is 5.73 Å². The zero-order valence-electron chi connectivity index (χ0n) is 8.44. The Morgan fingerprint density at radius 1 is 1.06 bits per heavy atom. The second-order valence-electron chi connectivity index (χ2n) is 3.21. The normalized spacial score (nSPS) is 11.5. The highest BCUT2D eigenvalue weighted by molar-refractivity contribution is 5.72. The number of halogens is 3. The van der Waals surface area contributed by atoms with Crippen molar-refractivity contribution in [2.24, 2.45) is 0 Å². The van der Waals surface area contributed by atoms with Gasteiger partial charge in [-0.2, -0.15) is 13.2 Å². The molecule has 17 heavy (non-hydrogen) atoms. The lowest BCUT2D eigenvalue weighted by molar-refractivity contribution is -0.137. The summed E-state index contributed by atoms with van der Waals surface area (Å²) in [7, 11) is 0. The van der Waals surface area contributed by atoms with Crippen LogP contribution in [0.4, 0.5) is 19.0 Å². The zero-order valence-corrected chi connectivity index (χ0v) is 8.44. The molecule has 88 valence electrons. The lowest BCUT2D eigenvalue weighted by atomic mass is 10.1. The minimum absolute atomic E-state index is 0.0204. The van der Waals surface area contributed by atoms with E-state index in [0.717, 1.165) is 18.5 Å². The van der Waals surface area contributed by atoms with Crippen LogP contribution in [0.1, 0.15) is 5.56 Å². The van der Waals surface area contributed by atoms with E-state index in [1.54, 1.807) is 0 Å². The summed E-state index contributed by atoms with van der Waals surface area (Å²) in [5, 5.41) is 0. The molecule has 0 saturated heterocycles. The first-order valence-electron chi connectivity index (χ1n) is 4.58. The van der Waals surface area contributed by atoms with E-state index in [1.165, 1.54) is 12.4 Å². The van der Waals surface area contributed by atoms with Crippen LogP contribution in [0.3, 0.4) is 0 Å². The molecular weight excluding hydrogens is 233 g/mol. The summed E-state index contributed by atoms with van der Waals surface area (Å²) in [5.41, 5.74) is 4.47. The monoisotopic (exact) mass is 240 g/mol. The summed E-state index contributed by atoms with van der Waals surface area (Å²) in [5.74, 6) is -0.0639. The Kier molecular flexibility index (Phi) is 2.66. The lowest BCUT2D eigenvalue weighted by Crippen LogP contribution is -2.09. The number of rotatable bonds is 1. The zero-order chi connectivity index (χ0) is 12.5. The highest BCUT2D eigenvalue weighted by Gasteiger charge is 2.34. The molecule has 2 aromatic heterocycles. The topological polar surface area (TPSA) is 64.7 Å². The third-order valence-corrected chi connectivity index (χ3v) is 2.11. The average Bonchev–Trinajstić information content (AvgIpc) is 2.28. The van der Waals surface area contributed by atoms with E-state index in [0.29, 0.717) is 0 Å². The molecule has 0 saturated carbocycles. The van der Waals surface area contributed by atoms with E-state index in [1.807, 2.05) is 0 Å². The Morgan fingerprint density at radius 2 is 1.76 bits per heavy atom. The molecule has 0 bridgehead atoms. The number of aromatic nitrogens is 3. The van der Waals surface area contributed by atoms with E-state index in [9.17, 15) is 13.2 Å². The molecule has 4 nitrogen and oxygen atoms in total. The van der Waals surface area contributed by atoms with Gasteiger partial charge in [0.15, 0.2) is 0 Å². The first-order chi connectivity index (χ1) is 8.00. The van der Waals surface area contributed by atoms with E-state index in [-0.39, 0.29) is 17.1 Å². The summed E-state index contributed by atoms with van der Waals surface area (Å²) >= 11 is 0. The van der Waals surface area contributed by atoms with Gasteiger partial charge in [0.25, 0.3) is 0 Å². The van der Waals surface area contributed by atoms with Crippen molar-refractivity contribution in [3.8, 4) is 11.3 Å². The van der Waals surface area contributed by atoms with Crippen LogP contribution < -0.4 is 5.73 Å². The number of alkyl halides is 3. The first kappa shape index (κ1) is 11.3. The summed E-state index contributed by atoms with van der Waals surface area (Å²) in [6.45, 7) is 0. The number of nitrogen functional groups attached to an aromatic ring is 1. The van der Waals surface area contributed by atoms with Crippen LogP contribution in [0, 0.1) is 0 Å². The van der Waals surface area contributed by atoms with Crippen molar-refractivity contribution in [3.05, 3.63) is 36.4 Å². The molecule has 0 atom stereocenters. The highest BCUT2D eigenvalue weighted by atomic mass is 19.4. The molecule has 0 unspecified atom stereocenters. The molecule has 0 fully saturated rings. The van der Waals surface area contributed by atoms with Gasteiger partial charge in [-0.25, -0.2) is 4.98 Å². The molecule has 0 radical (unpaired) electrons. The number of hydrogen-bond acceptors (Lipinski definition) is 4. The Hall–Kier alpha value is -2.18. The molecule has 2 heterocycles. The van der Waals surface area contributed by atoms with Crippen molar-refractivity contribution in [2.45, 2.75) is 6.18 Å². The van der Waals surface area contributed by atoms with Crippen LogP contribution in [-0.2, 0) is 6.18 Å². The summed E-state index contributed by atoms with van der Waals surface area (Å²) in [6.07, 6.45) is 0.242. The van der Waals surface area contributed by atoms with Crippen molar-refractivity contribution in [2.75, 3.05) is 5.73 Å². The van der Waals surface area contributed by atoms with E-state index in [2.05, 4.69) is 15.0 Å². The Morgan fingerprint density at radius 3 is 2.41 bits per heavy atom. The van der Waals surface area contributed by atoms with Crippen molar-refractivity contribution < 1.29 is 13.2 Å². The summed E-state index contributed by atoms with van der Waals surface area (Å²) < 4.78 is 38.2. The summed E-state index contributed by atoms with van der Waals surface area (Å²) in [6, 6.07) is 0.878. The van der Waals surface area contributed by atoms with Gasteiger partial charge in [-0.3, -0.25) is 9.97 Å². The molecule has 0 spiro atoms. The molecule has 2 N–H and O–H groups in total. The third kappa shape index (κ3) is 2.17. The number of nitrogens with zero attached hydrogens (tertiary/aromatic N) is 3. The maximum Gasteiger partial charge on any atom is 0.417 e. The highest BCUT2D eigenvalue weighted by Crippen LogP contribution is 2.36. The van der Waals surface area contributed by atoms with Gasteiger partial charge in [-0.05, 0) is 6.07 Å². The smallest absolute Gasteiger partial charge is 0.382 e. The van der Waals surface area contributed by atoms with E-state index < -0.39 is 11.7 Å². The minimum Gasteiger partial charge on any atom is -0.382 e. The van der Waals surface area contributed by atoms with Gasteiger partial charge in [0.05, 0.1) is 5.56 Å². The van der Waals surface area contributed by atoms with Crippen molar-refractivity contribution in [3.63, 3.8) is 0 Å². The number of anilines is 1. The van der Waals surface area contributed by atoms with Crippen LogP contribution in [0.25, 0.3) is 11.3 Å². The molecule has 7 heteroatoms. The second-order valence-corrected chi connectivity index (χ2v) is 3.21. The standard InChI is InChI=1S/C10H7F3N4/c11-10(12,13)7-1-2-15-5-6(7)8-9(14)17-4-3-16-8/h1-5H,(H2,14,17). The summed E-state index contributed by atoms with van der Waals surface area (Å²) in [4.78, 5) is 11.1.